The lowest BCUT2D eigenvalue weighted by Gasteiger charge is -2.64. The molecule has 5 rings (SSSR count). The molecular formula is C28H28N6O7. The summed E-state index contributed by atoms with van der Waals surface area (Å²) in [7, 11) is 2.65. The van der Waals surface area contributed by atoms with Crippen LogP contribution in [0.4, 0.5) is 0 Å². The first-order valence-corrected chi connectivity index (χ1v) is 12.6. The zero-order valence-electron chi connectivity index (χ0n) is 22.1. The van der Waals surface area contributed by atoms with Crippen LogP contribution in [0, 0.1) is 28.6 Å². The summed E-state index contributed by atoms with van der Waals surface area (Å²) in [4.78, 5) is 69.3. The highest BCUT2D eigenvalue weighted by Crippen LogP contribution is 2.58. The number of primary amides is 1. The number of carbonyl (C=O) groups excluding carboxylic acids is 5. The standard InChI is InChI=1S/C28H28N6O7/c1-34(2)21-19(37)15(24(31)40)22(38)26(10-29)23(39)16-18(36)14-13(20(30)27(16,32)25(41)28(21,26)33)9-8-12(17(14)35)11-6-4-3-5-7-11/h3-9,15-16,20-21,25,35,41H,30,32-33H2,1-2H3,(H2,31,40)/t15?,16?,20?,21-,25+,26+,27-,28+/m1/s1. The van der Waals surface area contributed by atoms with E-state index in [0.717, 1.165) is 4.90 Å². The molecule has 2 saturated carbocycles. The Kier molecular flexibility index (Phi) is 6.08. The van der Waals surface area contributed by atoms with E-state index in [-0.39, 0.29) is 16.7 Å². The smallest absolute Gasteiger partial charge is 0.235 e. The molecule has 3 aliphatic rings. The number of likely N-dealkylation sites (N-methyl/N-ethyl adjacent to an activating group) is 1. The highest BCUT2D eigenvalue weighted by Gasteiger charge is 2.83. The average molecular weight is 561 g/mol. The number of benzene rings is 2. The van der Waals surface area contributed by atoms with Crippen molar-refractivity contribution in [2.24, 2.45) is 40.2 Å². The normalized spacial score (nSPS) is 36.3. The van der Waals surface area contributed by atoms with Crippen LogP contribution in [0.3, 0.4) is 0 Å². The predicted molar refractivity (Wildman–Crippen MR) is 141 cm³/mol. The topological polar surface area (TPSA) is 257 Å². The third-order valence-electron chi connectivity index (χ3n) is 8.99. The summed E-state index contributed by atoms with van der Waals surface area (Å²) in [5.41, 5.74) is 17.3. The van der Waals surface area contributed by atoms with Crippen LogP contribution in [0.2, 0.25) is 0 Å². The Labute approximate surface area is 233 Å². The van der Waals surface area contributed by atoms with Crippen molar-refractivity contribution in [2.75, 3.05) is 14.1 Å². The van der Waals surface area contributed by atoms with E-state index in [9.17, 15) is 39.4 Å². The van der Waals surface area contributed by atoms with Gasteiger partial charge in [-0.25, -0.2) is 0 Å². The van der Waals surface area contributed by atoms with Gasteiger partial charge in [-0.05, 0) is 25.2 Å². The summed E-state index contributed by atoms with van der Waals surface area (Å²) >= 11 is 0. The molecule has 2 fully saturated rings. The zero-order valence-corrected chi connectivity index (χ0v) is 22.1. The van der Waals surface area contributed by atoms with Crippen molar-refractivity contribution in [1.29, 1.82) is 5.26 Å². The number of ketones is 4. The van der Waals surface area contributed by atoms with Gasteiger partial charge in [-0.3, -0.25) is 28.9 Å². The lowest BCUT2D eigenvalue weighted by Crippen LogP contribution is -2.92. The summed E-state index contributed by atoms with van der Waals surface area (Å²) in [5.74, 6) is -11.6. The van der Waals surface area contributed by atoms with Gasteiger partial charge in [0.15, 0.2) is 34.5 Å². The average Bonchev–Trinajstić information content (AvgIpc) is 2.91. The molecule has 0 bridgehead atoms. The Bertz CT molecular complexity index is 1600. The molecule has 1 amide bonds. The Morgan fingerprint density at radius 2 is 1.63 bits per heavy atom. The first-order valence-electron chi connectivity index (χ1n) is 12.6. The zero-order chi connectivity index (χ0) is 30.4. The molecule has 41 heavy (non-hydrogen) atoms. The monoisotopic (exact) mass is 560 g/mol. The number of fused-ring (bicyclic) bond motifs is 3. The van der Waals surface area contributed by atoms with Gasteiger partial charge in [-0.2, -0.15) is 5.26 Å². The maximum absolute atomic E-state index is 14.4. The molecule has 0 aliphatic heterocycles. The molecule has 10 N–H and O–H groups in total. The number of amides is 1. The third kappa shape index (κ3) is 3.08. The molecule has 212 valence electrons. The van der Waals surface area contributed by atoms with Crippen LogP contribution in [-0.2, 0) is 19.2 Å². The Hall–Kier alpha value is -4.32. The number of hydrogen-bond acceptors (Lipinski definition) is 12. The fourth-order valence-electron chi connectivity index (χ4n) is 7.11. The number of carbonyl (C=O) groups is 5. The van der Waals surface area contributed by atoms with Crippen molar-refractivity contribution in [3.05, 3.63) is 53.6 Å². The summed E-state index contributed by atoms with van der Waals surface area (Å²) < 4.78 is 0. The molecular weight excluding hydrogens is 532 g/mol. The van der Waals surface area contributed by atoms with Crippen LogP contribution in [0.25, 0.3) is 11.1 Å². The number of aromatic hydroxyl groups is 1. The number of rotatable bonds is 3. The SMILES string of the molecule is CN(C)[C@@H]1C(=O)C(C(N)=O)C(=O)[C@@]2(C#N)C(=O)C3C(=O)c4c(ccc(-c5ccccc5)c4O)C(N)[C@@]3(N)[C@H](O)[C@@]12N. The minimum absolute atomic E-state index is 0.0179. The fraction of sp³-hybridized carbons (Fsp3) is 0.357. The summed E-state index contributed by atoms with van der Waals surface area (Å²) in [6.45, 7) is 0. The van der Waals surface area contributed by atoms with Crippen LogP contribution in [0.15, 0.2) is 42.5 Å². The van der Waals surface area contributed by atoms with Crippen LogP contribution in [0.5, 0.6) is 5.75 Å². The van der Waals surface area contributed by atoms with Crippen LogP contribution < -0.4 is 22.9 Å². The highest BCUT2D eigenvalue weighted by molar-refractivity contribution is 6.33. The van der Waals surface area contributed by atoms with Gasteiger partial charge >= 0.3 is 0 Å². The number of phenolic OH excluding ortho intramolecular Hbond substituents is 1. The van der Waals surface area contributed by atoms with E-state index in [1.54, 1.807) is 36.4 Å². The van der Waals surface area contributed by atoms with E-state index < -0.39 is 81.3 Å². The number of aliphatic hydroxyl groups is 1. The van der Waals surface area contributed by atoms with Gasteiger partial charge < -0.3 is 33.1 Å². The number of hydrogen-bond donors (Lipinski definition) is 6. The lowest BCUT2D eigenvalue weighted by molar-refractivity contribution is -0.181. The van der Waals surface area contributed by atoms with Gasteiger partial charge in [-0.1, -0.05) is 42.5 Å². The Morgan fingerprint density at radius 3 is 2.17 bits per heavy atom. The molecule has 8 atom stereocenters. The van der Waals surface area contributed by atoms with E-state index >= 15 is 0 Å². The van der Waals surface area contributed by atoms with E-state index in [4.69, 9.17) is 22.9 Å². The van der Waals surface area contributed by atoms with Crippen molar-refractivity contribution < 1.29 is 34.2 Å². The number of nitrogens with zero attached hydrogens (tertiary/aromatic N) is 2. The number of phenols is 1. The minimum atomic E-state index is -3.11. The summed E-state index contributed by atoms with van der Waals surface area (Å²) in [5, 5.41) is 33.7. The van der Waals surface area contributed by atoms with Crippen LogP contribution >= 0.6 is 0 Å². The van der Waals surface area contributed by atoms with Crippen molar-refractivity contribution in [2.45, 2.75) is 29.3 Å². The maximum Gasteiger partial charge on any atom is 0.235 e. The molecule has 0 aromatic heterocycles. The van der Waals surface area contributed by atoms with Crippen molar-refractivity contribution in [3.8, 4) is 22.9 Å². The molecule has 13 nitrogen and oxygen atoms in total. The molecule has 3 aliphatic carbocycles. The third-order valence-corrected chi connectivity index (χ3v) is 8.99. The van der Waals surface area contributed by atoms with Gasteiger partial charge in [-0.15, -0.1) is 0 Å². The highest BCUT2D eigenvalue weighted by atomic mass is 16.3. The Morgan fingerprint density at radius 1 is 1.02 bits per heavy atom. The second-order valence-corrected chi connectivity index (χ2v) is 11.1. The fourth-order valence-corrected chi connectivity index (χ4v) is 7.11. The largest absolute Gasteiger partial charge is 0.507 e. The van der Waals surface area contributed by atoms with Crippen molar-refractivity contribution >= 4 is 29.0 Å². The minimum Gasteiger partial charge on any atom is -0.507 e. The first kappa shape index (κ1) is 28.2. The van der Waals surface area contributed by atoms with E-state index in [1.807, 2.05) is 0 Å². The predicted octanol–water partition coefficient (Wildman–Crippen LogP) is -2.10. The number of nitrogens with two attached hydrogens (primary N) is 4. The second kappa shape index (κ2) is 8.84. The molecule has 2 aromatic carbocycles. The van der Waals surface area contributed by atoms with E-state index in [2.05, 4.69) is 0 Å². The molecule has 0 radical (unpaired) electrons. The van der Waals surface area contributed by atoms with Crippen molar-refractivity contribution in [3.63, 3.8) is 0 Å². The molecule has 3 unspecified atom stereocenters. The first-order chi connectivity index (χ1) is 19.1. The number of nitriles is 1. The van der Waals surface area contributed by atoms with Gasteiger partial charge in [0.25, 0.3) is 0 Å². The Balaban J connectivity index is 1.82. The van der Waals surface area contributed by atoms with Gasteiger partial charge in [0.05, 0.1) is 40.9 Å². The number of aliphatic hydroxyl groups excluding tert-OH is 1. The lowest BCUT2D eigenvalue weighted by atomic mass is 9.41. The van der Waals surface area contributed by atoms with E-state index in [1.165, 1.54) is 26.2 Å². The van der Waals surface area contributed by atoms with Crippen LogP contribution in [-0.4, -0.2) is 81.5 Å². The van der Waals surface area contributed by atoms with Crippen LogP contribution in [0.1, 0.15) is 22.0 Å². The van der Waals surface area contributed by atoms with Crippen molar-refractivity contribution in [1.82, 2.24) is 4.90 Å². The van der Waals surface area contributed by atoms with E-state index in [0.29, 0.717) is 5.56 Å². The molecule has 0 spiro atoms. The quantitative estimate of drug-likeness (QED) is 0.221. The van der Waals surface area contributed by atoms with Gasteiger partial charge in [0.1, 0.15) is 11.7 Å². The molecule has 2 aromatic rings. The van der Waals surface area contributed by atoms with Gasteiger partial charge in [0.2, 0.25) is 5.91 Å². The second-order valence-electron chi connectivity index (χ2n) is 11.1. The molecule has 0 saturated heterocycles. The molecule has 0 heterocycles. The summed E-state index contributed by atoms with van der Waals surface area (Å²) in [6.07, 6.45) is -2.30. The number of Topliss-reactive ketones (excluding diaryl/α,β-unsaturated/α-hetero) is 4. The maximum atomic E-state index is 14.4. The summed E-state index contributed by atoms with van der Waals surface area (Å²) in [6, 6.07) is 9.63. The molecule has 13 heteroatoms. The van der Waals surface area contributed by atoms with Gasteiger partial charge in [0, 0.05) is 5.56 Å².